The van der Waals surface area contributed by atoms with Gasteiger partial charge in [0.15, 0.2) is 0 Å². The minimum Gasteiger partial charge on any atom is -0.478 e. The second-order valence-electron chi connectivity index (χ2n) is 6.46. The highest BCUT2D eigenvalue weighted by Gasteiger charge is 2.24. The van der Waals surface area contributed by atoms with Crippen molar-refractivity contribution < 1.29 is 19.1 Å². The molecule has 2 heterocycles. The third kappa shape index (κ3) is 4.47. The number of aromatic carboxylic acids is 1. The van der Waals surface area contributed by atoms with Crippen molar-refractivity contribution in [2.75, 3.05) is 7.05 Å². The Balaban J connectivity index is 0.00000141. The fourth-order valence-electron chi connectivity index (χ4n) is 3.18. The second-order valence-corrected chi connectivity index (χ2v) is 7.25. The first-order valence-electron chi connectivity index (χ1n) is 9.84. The molecule has 0 aliphatic rings. The van der Waals surface area contributed by atoms with Crippen LogP contribution in [0.2, 0.25) is 10.2 Å². The lowest BCUT2D eigenvalue weighted by Crippen LogP contribution is -2.18. The van der Waals surface area contributed by atoms with Crippen LogP contribution in [0, 0.1) is 0 Å². The summed E-state index contributed by atoms with van der Waals surface area (Å²) in [5, 5.41) is 13.0. The zero-order valence-corrected chi connectivity index (χ0v) is 19.1. The third-order valence-electron chi connectivity index (χ3n) is 4.62. The van der Waals surface area contributed by atoms with Crippen LogP contribution in [0.25, 0.3) is 33.6 Å². The standard InChI is InChI=1S/C22H14Cl2N2O4.C2H6/c1-25-20(27)17-16-10-15(12-3-2-4-13(9-12)22(28)29)19(24)26-21(16)30-18(17)11-5-7-14(23)8-6-11;1-2/h2-10H,1H3,(H,25,27)(H,28,29);1-2H3. The van der Waals surface area contributed by atoms with E-state index >= 15 is 0 Å². The summed E-state index contributed by atoms with van der Waals surface area (Å²) in [6, 6.07) is 14.9. The molecule has 0 fully saturated rings. The van der Waals surface area contributed by atoms with Gasteiger partial charge < -0.3 is 14.8 Å². The predicted octanol–water partition coefficient (Wildman–Crippen LogP) is 6.55. The van der Waals surface area contributed by atoms with Crippen molar-refractivity contribution in [3.63, 3.8) is 0 Å². The Bertz CT molecular complexity index is 1300. The summed E-state index contributed by atoms with van der Waals surface area (Å²) in [5.41, 5.74) is 2.31. The fraction of sp³-hybridized carbons (Fsp3) is 0.125. The Kier molecular flexibility index (Phi) is 7.18. The number of carbonyl (C=O) groups is 2. The van der Waals surface area contributed by atoms with Crippen LogP contribution >= 0.6 is 23.2 Å². The molecule has 0 atom stereocenters. The van der Waals surface area contributed by atoms with Gasteiger partial charge in [0.1, 0.15) is 10.9 Å². The van der Waals surface area contributed by atoms with Crippen molar-refractivity contribution in [2.45, 2.75) is 13.8 Å². The number of carboxylic acids is 1. The number of pyridine rings is 1. The van der Waals surface area contributed by atoms with E-state index in [0.29, 0.717) is 38.4 Å². The second kappa shape index (κ2) is 9.85. The van der Waals surface area contributed by atoms with Crippen molar-refractivity contribution in [3.8, 4) is 22.5 Å². The van der Waals surface area contributed by atoms with E-state index in [-0.39, 0.29) is 22.3 Å². The van der Waals surface area contributed by atoms with Gasteiger partial charge in [-0.3, -0.25) is 4.79 Å². The molecule has 0 saturated carbocycles. The molecular weight excluding hydrogens is 451 g/mol. The lowest BCUT2D eigenvalue weighted by Gasteiger charge is -2.06. The van der Waals surface area contributed by atoms with Crippen molar-refractivity contribution in [1.29, 1.82) is 0 Å². The summed E-state index contributed by atoms with van der Waals surface area (Å²) in [5.74, 6) is -1.07. The van der Waals surface area contributed by atoms with Gasteiger partial charge in [-0.25, -0.2) is 9.78 Å². The van der Waals surface area contributed by atoms with Crippen LogP contribution in [0.4, 0.5) is 0 Å². The van der Waals surface area contributed by atoms with Crippen molar-refractivity contribution in [2.24, 2.45) is 0 Å². The Morgan fingerprint density at radius 3 is 2.31 bits per heavy atom. The van der Waals surface area contributed by atoms with Crippen LogP contribution in [0.5, 0.6) is 0 Å². The number of aromatic nitrogens is 1. The largest absolute Gasteiger partial charge is 0.478 e. The first-order chi connectivity index (χ1) is 15.4. The molecule has 0 saturated heterocycles. The highest BCUT2D eigenvalue weighted by molar-refractivity contribution is 6.33. The first kappa shape index (κ1) is 23.3. The van der Waals surface area contributed by atoms with Crippen LogP contribution in [-0.2, 0) is 0 Å². The molecule has 0 aliphatic heterocycles. The van der Waals surface area contributed by atoms with Gasteiger partial charge in [-0.15, -0.1) is 0 Å². The molecule has 1 amide bonds. The molecule has 0 unspecified atom stereocenters. The first-order valence-corrected chi connectivity index (χ1v) is 10.6. The van der Waals surface area contributed by atoms with E-state index in [0.717, 1.165) is 0 Å². The maximum absolute atomic E-state index is 12.7. The van der Waals surface area contributed by atoms with Gasteiger partial charge in [-0.2, -0.15) is 0 Å². The fourth-order valence-corrected chi connectivity index (χ4v) is 3.55. The number of benzene rings is 2. The number of halogens is 2. The number of furan rings is 1. The van der Waals surface area contributed by atoms with Crippen molar-refractivity contribution in [1.82, 2.24) is 10.3 Å². The normalized spacial score (nSPS) is 10.4. The van der Waals surface area contributed by atoms with Crippen LogP contribution in [0.3, 0.4) is 0 Å². The molecule has 8 heteroatoms. The lowest BCUT2D eigenvalue weighted by molar-refractivity contribution is 0.0696. The van der Waals surface area contributed by atoms with E-state index in [1.54, 1.807) is 42.5 Å². The molecule has 164 valence electrons. The topological polar surface area (TPSA) is 92.4 Å². The number of hydrogen-bond donors (Lipinski definition) is 2. The molecule has 2 aromatic heterocycles. The number of nitrogens with one attached hydrogen (secondary N) is 1. The maximum Gasteiger partial charge on any atom is 0.335 e. The van der Waals surface area contributed by atoms with Gasteiger partial charge >= 0.3 is 5.97 Å². The van der Waals surface area contributed by atoms with Gasteiger partial charge in [-0.1, -0.05) is 49.2 Å². The number of hydrogen-bond acceptors (Lipinski definition) is 4. The van der Waals surface area contributed by atoms with E-state index in [2.05, 4.69) is 10.3 Å². The minimum absolute atomic E-state index is 0.115. The summed E-state index contributed by atoms with van der Waals surface area (Å²) >= 11 is 12.3. The number of fused-ring (bicyclic) bond motifs is 1. The quantitative estimate of drug-likeness (QED) is 0.329. The number of nitrogens with zero attached hydrogens (tertiary/aromatic N) is 1. The molecule has 0 spiro atoms. The number of carbonyl (C=O) groups excluding carboxylic acids is 1. The Hall–Kier alpha value is -3.35. The van der Waals surface area contributed by atoms with Crippen molar-refractivity contribution in [3.05, 3.63) is 75.9 Å². The SMILES string of the molecule is CC.CNC(=O)c1c(-c2ccc(Cl)cc2)oc2nc(Cl)c(-c3cccc(C(=O)O)c3)cc12. The van der Waals surface area contributed by atoms with E-state index in [1.165, 1.54) is 19.2 Å². The highest BCUT2D eigenvalue weighted by Crippen LogP contribution is 2.38. The zero-order valence-electron chi connectivity index (χ0n) is 17.6. The van der Waals surface area contributed by atoms with E-state index in [4.69, 9.17) is 27.6 Å². The van der Waals surface area contributed by atoms with E-state index in [1.807, 2.05) is 13.8 Å². The maximum atomic E-state index is 12.7. The van der Waals surface area contributed by atoms with Crippen LogP contribution in [0.1, 0.15) is 34.6 Å². The smallest absolute Gasteiger partial charge is 0.335 e. The molecule has 0 bridgehead atoms. The summed E-state index contributed by atoms with van der Waals surface area (Å²) in [6.07, 6.45) is 0. The van der Waals surface area contributed by atoms with Gasteiger partial charge in [0, 0.05) is 23.2 Å². The Morgan fingerprint density at radius 2 is 1.69 bits per heavy atom. The molecule has 0 aliphatic carbocycles. The molecule has 2 aromatic carbocycles. The number of carboxylic acid groups (broad SMARTS) is 1. The lowest BCUT2D eigenvalue weighted by atomic mass is 10.0. The monoisotopic (exact) mass is 470 g/mol. The van der Waals surface area contributed by atoms with Gasteiger partial charge in [0.05, 0.1) is 16.5 Å². The summed E-state index contributed by atoms with van der Waals surface area (Å²) in [6.45, 7) is 4.00. The average molecular weight is 471 g/mol. The molecule has 2 N–H and O–H groups in total. The molecule has 4 aromatic rings. The van der Waals surface area contributed by atoms with Gasteiger partial charge in [0.2, 0.25) is 5.71 Å². The summed E-state index contributed by atoms with van der Waals surface area (Å²) < 4.78 is 5.89. The average Bonchev–Trinajstić information content (AvgIpc) is 3.18. The van der Waals surface area contributed by atoms with Gasteiger partial charge in [0.25, 0.3) is 5.91 Å². The van der Waals surface area contributed by atoms with E-state index in [9.17, 15) is 14.7 Å². The molecule has 0 radical (unpaired) electrons. The van der Waals surface area contributed by atoms with Crippen LogP contribution in [-0.4, -0.2) is 29.0 Å². The Labute approximate surface area is 194 Å². The van der Waals surface area contributed by atoms with Crippen LogP contribution in [0.15, 0.2) is 59.0 Å². The number of amides is 1. The third-order valence-corrected chi connectivity index (χ3v) is 5.16. The molecule has 32 heavy (non-hydrogen) atoms. The summed E-state index contributed by atoms with van der Waals surface area (Å²) in [4.78, 5) is 28.3. The van der Waals surface area contributed by atoms with Gasteiger partial charge in [-0.05, 0) is 48.0 Å². The van der Waals surface area contributed by atoms with Crippen LogP contribution < -0.4 is 5.32 Å². The predicted molar refractivity (Wildman–Crippen MR) is 127 cm³/mol. The highest BCUT2D eigenvalue weighted by atomic mass is 35.5. The molecular formula is C24H20Cl2N2O4. The molecule has 6 nitrogen and oxygen atoms in total. The summed E-state index contributed by atoms with van der Waals surface area (Å²) in [7, 11) is 1.52. The zero-order chi connectivity index (χ0) is 23.4. The van der Waals surface area contributed by atoms with Crippen molar-refractivity contribution >= 4 is 46.2 Å². The van der Waals surface area contributed by atoms with E-state index < -0.39 is 5.97 Å². The Morgan fingerprint density at radius 1 is 1.00 bits per heavy atom. The minimum atomic E-state index is -1.05. The number of rotatable bonds is 4. The molecule has 4 rings (SSSR count).